The molecule has 0 bridgehead atoms. The van der Waals surface area contributed by atoms with Crippen LogP contribution >= 0.6 is 12.2 Å². The number of H-pyrrole nitrogens is 1. The van der Waals surface area contributed by atoms with E-state index in [1.807, 2.05) is 57.6 Å². The Labute approximate surface area is 101 Å². The lowest BCUT2D eigenvalue weighted by molar-refractivity contribution is 1.24. The molecule has 2 heterocycles. The summed E-state index contributed by atoms with van der Waals surface area (Å²) in [6.45, 7) is 6.02. The van der Waals surface area contributed by atoms with Crippen molar-refractivity contribution in [2.45, 2.75) is 20.8 Å². The largest absolute Gasteiger partial charge is 0.367 e. The fourth-order valence-electron chi connectivity index (χ4n) is 1.24. The van der Waals surface area contributed by atoms with Gasteiger partial charge in [-0.05, 0) is 24.6 Å². The van der Waals surface area contributed by atoms with Gasteiger partial charge in [0.05, 0.1) is 5.69 Å². The highest BCUT2D eigenvalue weighted by Crippen LogP contribution is 2.16. The average Bonchev–Trinajstić information content (AvgIpc) is 2.34. The first-order valence-electron chi connectivity index (χ1n) is 5.37. The van der Waals surface area contributed by atoms with Gasteiger partial charge in [-0.2, -0.15) is 0 Å². The van der Waals surface area contributed by atoms with Crippen molar-refractivity contribution in [2.24, 2.45) is 0 Å². The number of aryl methyl sites for hydroxylation is 1. The first kappa shape index (κ1) is 12.6. The molecule has 84 valence electrons. The van der Waals surface area contributed by atoms with E-state index in [0.717, 1.165) is 21.3 Å². The average molecular weight is 232 g/mol. The first-order chi connectivity index (χ1) is 7.77. The first-order valence-corrected chi connectivity index (χ1v) is 5.78. The Bertz CT molecular complexity index is 486. The number of nitrogens with one attached hydrogen (secondary N) is 1. The molecule has 0 aliphatic heterocycles. The number of hydrogen-bond acceptors (Lipinski definition) is 2. The van der Waals surface area contributed by atoms with Crippen LogP contribution in [0.1, 0.15) is 19.4 Å². The third-order valence-electron chi connectivity index (χ3n) is 2.01. The number of hydrogen-bond donors (Lipinski definition) is 1. The zero-order valence-corrected chi connectivity index (χ0v) is 10.6. The quantitative estimate of drug-likeness (QED) is 0.748. The van der Waals surface area contributed by atoms with Crippen LogP contribution in [0, 0.1) is 11.4 Å². The maximum absolute atomic E-state index is 5.21. The SMILES string of the molecule is CC.Cc1ccc(-c2c[nH]ccc2=S)nc1. The van der Waals surface area contributed by atoms with E-state index in [-0.39, 0.29) is 0 Å². The predicted molar refractivity (Wildman–Crippen MR) is 70.9 cm³/mol. The lowest BCUT2D eigenvalue weighted by Gasteiger charge is -2.00. The van der Waals surface area contributed by atoms with E-state index in [1.54, 1.807) is 0 Å². The van der Waals surface area contributed by atoms with Crippen LogP contribution in [0.25, 0.3) is 11.3 Å². The molecule has 3 heteroatoms. The Balaban J connectivity index is 0.000000606. The Morgan fingerprint density at radius 3 is 2.50 bits per heavy atom. The summed E-state index contributed by atoms with van der Waals surface area (Å²) in [5.41, 5.74) is 3.04. The summed E-state index contributed by atoms with van der Waals surface area (Å²) in [5, 5.41) is 0. The smallest absolute Gasteiger partial charge is 0.0731 e. The van der Waals surface area contributed by atoms with Crippen LogP contribution < -0.4 is 0 Å². The van der Waals surface area contributed by atoms with Gasteiger partial charge < -0.3 is 4.98 Å². The van der Waals surface area contributed by atoms with Gasteiger partial charge in [0, 0.05) is 28.7 Å². The Hall–Kier alpha value is -1.48. The number of pyridine rings is 2. The van der Waals surface area contributed by atoms with E-state index >= 15 is 0 Å². The zero-order valence-electron chi connectivity index (χ0n) is 9.82. The topological polar surface area (TPSA) is 28.7 Å². The van der Waals surface area contributed by atoms with Gasteiger partial charge in [-0.1, -0.05) is 32.1 Å². The highest BCUT2D eigenvalue weighted by atomic mass is 32.1. The number of aromatic amines is 1. The molecule has 0 atom stereocenters. The Kier molecular flexibility index (Phi) is 4.86. The normalized spacial score (nSPS) is 9.19. The summed E-state index contributed by atoms with van der Waals surface area (Å²) in [4.78, 5) is 7.33. The molecule has 0 unspecified atom stereocenters. The monoisotopic (exact) mass is 232 g/mol. The molecule has 0 saturated heterocycles. The Morgan fingerprint density at radius 1 is 1.19 bits per heavy atom. The van der Waals surface area contributed by atoms with Crippen molar-refractivity contribution in [1.82, 2.24) is 9.97 Å². The summed E-state index contributed by atoms with van der Waals surface area (Å²) in [7, 11) is 0. The van der Waals surface area contributed by atoms with Crippen LogP contribution in [0.15, 0.2) is 36.8 Å². The van der Waals surface area contributed by atoms with Gasteiger partial charge in [-0.3, -0.25) is 4.98 Å². The molecule has 0 aliphatic rings. The van der Waals surface area contributed by atoms with Crippen LogP contribution in [-0.4, -0.2) is 9.97 Å². The summed E-state index contributed by atoms with van der Waals surface area (Å²) < 4.78 is 0.820. The van der Waals surface area contributed by atoms with Crippen molar-refractivity contribution in [1.29, 1.82) is 0 Å². The van der Waals surface area contributed by atoms with E-state index in [1.165, 1.54) is 0 Å². The third-order valence-corrected chi connectivity index (χ3v) is 2.37. The fraction of sp³-hybridized carbons (Fsp3) is 0.231. The summed E-state index contributed by atoms with van der Waals surface area (Å²) in [5.74, 6) is 0. The molecule has 0 aromatic carbocycles. The molecule has 0 spiro atoms. The van der Waals surface area contributed by atoms with E-state index in [9.17, 15) is 0 Å². The Morgan fingerprint density at radius 2 is 1.94 bits per heavy atom. The van der Waals surface area contributed by atoms with Crippen LogP contribution in [0.3, 0.4) is 0 Å². The van der Waals surface area contributed by atoms with E-state index in [2.05, 4.69) is 9.97 Å². The lowest BCUT2D eigenvalue weighted by atomic mass is 10.2. The molecule has 2 aromatic rings. The van der Waals surface area contributed by atoms with E-state index < -0.39 is 0 Å². The van der Waals surface area contributed by atoms with Crippen LogP contribution in [0.2, 0.25) is 0 Å². The molecule has 0 fully saturated rings. The maximum Gasteiger partial charge on any atom is 0.0731 e. The van der Waals surface area contributed by atoms with Gasteiger partial charge in [0.2, 0.25) is 0 Å². The van der Waals surface area contributed by atoms with Crippen molar-refractivity contribution >= 4 is 12.2 Å². The number of aromatic nitrogens is 2. The maximum atomic E-state index is 5.21. The molecule has 0 aliphatic carbocycles. The van der Waals surface area contributed by atoms with Gasteiger partial charge in [-0.15, -0.1) is 0 Å². The van der Waals surface area contributed by atoms with Gasteiger partial charge >= 0.3 is 0 Å². The minimum atomic E-state index is 0.820. The molecule has 2 aromatic heterocycles. The van der Waals surface area contributed by atoms with Crippen molar-refractivity contribution < 1.29 is 0 Å². The summed E-state index contributed by atoms with van der Waals surface area (Å²) in [6, 6.07) is 5.88. The molecule has 0 saturated carbocycles. The van der Waals surface area contributed by atoms with Gasteiger partial charge in [0.25, 0.3) is 0 Å². The molecule has 2 rings (SSSR count). The number of nitrogens with zero attached hydrogens (tertiary/aromatic N) is 1. The second-order valence-corrected chi connectivity index (χ2v) is 3.58. The predicted octanol–water partition coefficient (Wildman–Crippen LogP) is 4.14. The van der Waals surface area contributed by atoms with Gasteiger partial charge in [0.1, 0.15) is 0 Å². The number of rotatable bonds is 1. The van der Waals surface area contributed by atoms with Gasteiger partial charge in [0.15, 0.2) is 0 Å². The van der Waals surface area contributed by atoms with E-state index in [0.29, 0.717) is 0 Å². The van der Waals surface area contributed by atoms with Crippen LogP contribution in [-0.2, 0) is 0 Å². The van der Waals surface area contributed by atoms with Crippen LogP contribution in [0.5, 0.6) is 0 Å². The van der Waals surface area contributed by atoms with Crippen molar-refractivity contribution in [2.75, 3.05) is 0 Å². The molecule has 0 amide bonds. The fourth-order valence-corrected chi connectivity index (χ4v) is 1.47. The molecular formula is C13H16N2S. The summed E-state index contributed by atoms with van der Waals surface area (Å²) >= 11 is 5.21. The lowest BCUT2D eigenvalue weighted by Crippen LogP contribution is -1.85. The summed E-state index contributed by atoms with van der Waals surface area (Å²) in [6.07, 6.45) is 5.54. The zero-order chi connectivity index (χ0) is 12.0. The molecule has 1 N–H and O–H groups in total. The highest BCUT2D eigenvalue weighted by molar-refractivity contribution is 7.71. The van der Waals surface area contributed by atoms with Crippen molar-refractivity contribution in [3.05, 3.63) is 46.9 Å². The molecule has 0 radical (unpaired) electrons. The molecule has 2 nitrogen and oxygen atoms in total. The van der Waals surface area contributed by atoms with E-state index in [4.69, 9.17) is 12.2 Å². The van der Waals surface area contributed by atoms with Crippen LogP contribution in [0.4, 0.5) is 0 Å². The second-order valence-electron chi connectivity index (χ2n) is 3.14. The van der Waals surface area contributed by atoms with Crippen molar-refractivity contribution in [3.8, 4) is 11.3 Å². The minimum Gasteiger partial charge on any atom is -0.367 e. The molecule has 16 heavy (non-hydrogen) atoms. The van der Waals surface area contributed by atoms with Crippen molar-refractivity contribution in [3.63, 3.8) is 0 Å². The second kappa shape index (κ2) is 6.18. The minimum absolute atomic E-state index is 0.820. The highest BCUT2D eigenvalue weighted by Gasteiger charge is 1.99. The molecular weight excluding hydrogens is 216 g/mol. The standard InChI is InChI=1S/C11H10N2S.C2H6/c1-8-2-3-10(13-6-8)9-7-12-5-4-11(9)14;1-2/h2-7H,1H3,(H,12,14);1-2H3. The van der Waals surface area contributed by atoms with Gasteiger partial charge in [-0.25, -0.2) is 0 Å². The third kappa shape index (κ3) is 3.00.